The fourth-order valence-corrected chi connectivity index (χ4v) is 3.64. The van der Waals surface area contributed by atoms with Crippen LogP contribution in [0, 0.1) is 18.7 Å². The first kappa shape index (κ1) is 19.5. The van der Waals surface area contributed by atoms with E-state index in [1.165, 1.54) is 17.7 Å². The van der Waals surface area contributed by atoms with Crippen LogP contribution in [0.2, 0.25) is 0 Å². The summed E-state index contributed by atoms with van der Waals surface area (Å²) in [5.74, 6) is 0.247. The van der Waals surface area contributed by atoms with Gasteiger partial charge >= 0.3 is 0 Å². The fourth-order valence-electron chi connectivity index (χ4n) is 3.64. The molecule has 1 aromatic carbocycles. The molecule has 3 rings (SSSR count). The van der Waals surface area contributed by atoms with Crippen LogP contribution in [0.1, 0.15) is 37.1 Å². The zero-order valence-electron chi connectivity index (χ0n) is 16.4. The van der Waals surface area contributed by atoms with Crippen LogP contribution in [0.3, 0.4) is 0 Å². The highest BCUT2D eigenvalue weighted by Crippen LogP contribution is 2.22. The van der Waals surface area contributed by atoms with Gasteiger partial charge in [0.15, 0.2) is 0 Å². The molecule has 5 heteroatoms. The lowest BCUT2D eigenvalue weighted by Gasteiger charge is -2.35. The molecule has 2 aromatic rings. The van der Waals surface area contributed by atoms with E-state index in [0.29, 0.717) is 18.9 Å². The number of aromatic nitrogens is 1. The van der Waals surface area contributed by atoms with Gasteiger partial charge in [-0.1, -0.05) is 32.0 Å². The third kappa shape index (κ3) is 4.92. The van der Waals surface area contributed by atoms with Gasteiger partial charge < -0.3 is 4.90 Å². The van der Waals surface area contributed by atoms with Crippen LogP contribution in [0.25, 0.3) is 0 Å². The Hall–Kier alpha value is -2.27. The number of rotatable bonds is 5. The van der Waals surface area contributed by atoms with Gasteiger partial charge in [-0.3, -0.25) is 14.7 Å². The minimum atomic E-state index is -0.252. The summed E-state index contributed by atoms with van der Waals surface area (Å²) in [5, 5.41) is 0. The molecule has 1 fully saturated rings. The van der Waals surface area contributed by atoms with E-state index in [-0.39, 0.29) is 17.8 Å². The lowest BCUT2D eigenvalue weighted by atomic mass is 10.0. The van der Waals surface area contributed by atoms with Crippen molar-refractivity contribution < 1.29 is 9.18 Å². The Labute approximate surface area is 161 Å². The minimum absolute atomic E-state index is 0.120. The van der Waals surface area contributed by atoms with Gasteiger partial charge in [-0.25, -0.2) is 4.39 Å². The number of halogens is 1. The molecule has 0 aliphatic carbocycles. The zero-order valence-corrected chi connectivity index (χ0v) is 16.4. The first-order valence-corrected chi connectivity index (χ1v) is 9.61. The van der Waals surface area contributed by atoms with Crippen molar-refractivity contribution in [2.24, 2.45) is 5.92 Å². The third-order valence-electron chi connectivity index (χ3n) is 5.33. The van der Waals surface area contributed by atoms with Crippen molar-refractivity contribution in [1.29, 1.82) is 0 Å². The summed E-state index contributed by atoms with van der Waals surface area (Å²) in [6.07, 6.45) is 2.32. The maximum atomic E-state index is 13.2. The topological polar surface area (TPSA) is 36.4 Å². The van der Waals surface area contributed by atoms with E-state index in [1.54, 1.807) is 12.1 Å². The number of benzene rings is 1. The van der Waals surface area contributed by atoms with Gasteiger partial charge in [0.2, 0.25) is 5.91 Å². The number of amides is 1. The van der Waals surface area contributed by atoms with E-state index in [9.17, 15) is 9.18 Å². The SMILES string of the molecule is Cc1cccnc1CN1CCC(=O)N(Cc2ccc(F)cc2)C(C(C)C)C1. The lowest BCUT2D eigenvalue weighted by Crippen LogP contribution is -2.45. The fraction of sp³-hybridized carbons (Fsp3) is 0.455. The maximum absolute atomic E-state index is 13.2. The van der Waals surface area contributed by atoms with Crippen LogP contribution in [0.4, 0.5) is 4.39 Å². The van der Waals surface area contributed by atoms with E-state index in [4.69, 9.17) is 0 Å². The molecular formula is C22H28FN3O. The Morgan fingerprint density at radius 1 is 1.19 bits per heavy atom. The van der Waals surface area contributed by atoms with E-state index in [1.807, 2.05) is 17.2 Å². The van der Waals surface area contributed by atoms with Crippen LogP contribution < -0.4 is 0 Å². The summed E-state index contributed by atoms with van der Waals surface area (Å²) in [4.78, 5) is 21.7. The van der Waals surface area contributed by atoms with Gasteiger partial charge in [0.1, 0.15) is 5.82 Å². The second-order valence-corrected chi connectivity index (χ2v) is 7.71. The molecule has 0 spiro atoms. The molecule has 1 unspecified atom stereocenters. The molecular weight excluding hydrogens is 341 g/mol. The van der Waals surface area contributed by atoms with Gasteiger partial charge in [0.05, 0.1) is 5.69 Å². The number of pyridine rings is 1. The van der Waals surface area contributed by atoms with Crippen molar-refractivity contribution in [3.63, 3.8) is 0 Å². The molecule has 4 nitrogen and oxygen atoms in total. The van der Waals surface area contributed by atoms with Gasteiger partial charge in [0.25, 0.3) is 0 Å². The number of nitrogens with zero attached hydrogens (tertiary/aromatic N) is 3. The van der Waals surface area contributed by atoms with Gasteiger partial charge in [-0.15, -0.1) is 0 Å². The van der Waals surface area contributed by atoms with Crippen molar-refractivity contribution >= 4 is 5.91 Å². The van der Waals surface area contributed by atoms with Crippen LogP contribution in [0.15, 0.2) is 42.6 Å². The number of carbonyl (C=O) groups excluding carboxylic acids is 1. The second-order valence-electron chi connectivity index (χ2n) is 7.71. The van der Waals surface area contributed by atoms with Crippen LogP contribution >= 0.6 is 0 Å². The highest BCUT2D eigenvalue weighted by Gasteiger charge is 2.31. The molecule has 1 saturated heterocycles. The van der Waals surface area contributed by atoms with Crippen molar-refractivity contribution in [1.82, 2.24) is 14.8 Å². The average molecular weight is 369 g/mol. The first-order valence-electron chi connectivity index (χ1n) is 9.61. The average Bonchev–Trinajstić information content (AvgIpc) is 2.79. The summed E-state index contributed by atoms with van der Waals surface area (Å²) in [6, 6.07) is 10.6. The third-order valence-corrected chi connectivity index (χ3v) is 5.33. The number of hydrogen-bond donors (Lipinski definition) is 0. The Kier molecular flexibility index (Phi) is 6.22. The number of hydrogen-bond acceptors (Lipinski definition) is 3. The Bertz CT molecular complexity index is 775. The maximum Gasteiger partial charge on any atom is 0.224 e. The predicted octanol–water partition coefficient (Wildman–Crippen LogP) is 3.79. The summed E-state index contributed by atoms with van der Waals surface area (Å²) in [6.45, 7) is 9.23. The highest BCUT2D eigenvalue weighted by molar-refractivity contribution is 5.77. The van der Waals surface area contributed by atoms with E-state index in [2.05, 4.69) is 36.7 Å². The van der Waals surface area contributed by atoms with Crippen molar-refractivity contribution in [2.75, 3.05) is 13.1 Å². The summed E-state index contributed by atoms with van der Waals surface area (Å²) < 4.78 is 13.2. The molecule has 1 aromatic heterocycles. The Morgan fingerprint density at radius 3 is 2.59 bits per heavy atom. The molecule has 0 N–H and O–H groups in total. The normalized spacial score (nSPS) is 18.8. The molecule has 144 valence electrons. The standard InChI is InChI=1S/C22H28FN3O/c1-16(2)21-15-25(14-20-17(3)5-4-11-24-20)12-10-22(27)26(21)13-18-6-8-19(23)9-7-18/h4-9,11,16,21H,10,12-15H2,1-3H3. The zero-order chi connectivity index (χ0) is 19.4. The molecule has 1 aliphatic rings. The Balaban J connectivity index is 1.78. The summed E-state index contributed by atoms with van der Waals surface area (Å²) in [7, 11) is 0. The lowest BCUT2D eigenvalue weighted by molar-refractivity contribution is -0.134. The first-order chi connectivity index (χ1) is 12.9. The van der Waals surface area contributed by atoms with E-state index in [0.717, 1.165) is 30.9 Å². The van der Waals surface area contributed by atoms with Gasteiger partial charge in [-0.05, 0) is 42.2 Å². The summed E-state index contributed by atoms with van der Waals surface area (Å²) in [5.41, 5.74) is 3.21. The van der Waals surface area contributed by atoms with Gasteiger partial charge in [-0.2, -0.15) is 0 Å². The number of carbonyl (C=O) groups is 1. The molecule has 2 heterocycles. The van der Waals surface area contributed by atoms with Gasteiger partial charge in [0, 0.05) is 44.8 Å². The van der Waals surface area contributed by atoms with Crippen LogP contribution in [-0.2, 0) is 17.9 Å². The smallest absolute Gasteiger partial charge is 0.224 e. The largest absolute Gasteiger partial charge is 0.334 e. The van der Waals surface area contributed by atoms with Crippen molar-refractivity contribution in [3.8, 4) is 0 Å². The molecule has 1 atom stereocenters. The van der Waals surface area contributed by atoms with E-state index >= 15 is 0 Å². The van der Waals surface area contributed by atoms with Crippen molar-refractivity contribution in [2.45, 2.75) is 46.3 Å². The molecule has 27 heavy (non-hydrogen) atoms. The molecule has 1 aliphatic heterocycles. The molecule has 0 bridgehead atoms. The van der Waals surface area contributed by atoms with Crippen LogP contribution in [-0.4, -0.2) is 39.8 Å². The van der Waals surface area contributed by atoms with Crippen molar-refractivity contribution in [3.05, 3.63) is 65.2 Å². The Morgan fingerprint density at radius 2 is 1.93 bits per heavy atom. The predicted molar refractivity (Wildman–Crippen MR) is 104 cm³/mol. The monoisotopic (exact) mass is 369 g/mol. The second kappa shape index (κ2) is 8.61. The molecule has 1 amide bonds. The molecule has 0 radical (unpaired) electrons. The molecule has 0 saturated carbocycles. The minimum Gasteiger partial charge on any atom is -0.334 e. The highest BCUT2D eigenvalue weighted by atomic mass is 19.1. The number of aryl methyl sites for hydroxylation is 1. The quantitative estimate of drug-likeness (QED) is 0.805. The summed E-state index contributed by atoms with van der Waals surface area (Å²) >= 11 is 0. The van der Waals surface area contributed by atoms with E-state index < -0.39 is 0 Å². The van der Waals surface area contributed by atoms with Crippen LogP contribution in [0.5, 0.6) is 0 Å².